The van der Waals surface area contributed by atoms with Crippen LogP contribution in [0.5, 0.6) is 11.5 Å². The van der Waals surface area contributed by atoms with Gasteiger partial charge in [-0.05, 0) is 53.3 Å². The van der Waals surface area contributed by atoms with Gasteiger partial charge >= 0.3 is 0 Å². The van der Waals surface area contributed by atoms with Crippen molar-refractivity contribution >= 4 is 51.9 Å². The lowest BCUT2D eigenvalue weighted by atomic mass is 10.1. The van der Waals surface area contributed by atoms with Crippen LogP contribution in [0.3, 0.4) is 0 Å². The van der Waals surface area contributed by atoms with Crippen LogP contribution in [0.25, 0.3) is 0 Å². The van der Waals surface area contributed by atoms with Gasteiger partial charge in [-0.2, -0.15) is 0 Å². The van der Waals surface area contributed by atoms with Crippen LogP contribution in [0.4, 0.5) is 11.4 Å². The Labute approximate surface area is 201 Å². The molecule has 0 bridgehead atoms. The Morgan fingerprint density at radius 3 is 2.87 bits per heavy atom. The number of rotatable bonds is 8. The zero-order valence-electron chi connectivity index (χ0n) is 17.4. The van der Waals surface area contributed by atoms with Gasteiger partial charge in [-0.1, -0.05) is 11.6 Å². The second-order valence-corrected chi connectivity index (χ2v) is 8.91. The van der Waals surface area contributed by atoms with Gasteiger partial charge in [-0.3, -0.25) is 4.90 Å². The highest BCUT2D eigenvalue weighted by Gasteiger charge is 2.21. The van der Waals surface area contributed by atoms with Gasteiger partial charge in [-0.25, -0.2) is 4.99 Å². The highest BCUT2D eigenvalue weighted by Crippen LogP contribution is 2.39. The van der Waals surface area contributed by atoms with Crippen molar-refractivity contribution in [2.45, 2.75) is 12.6 Å². The van der Waals surface area contributed by atoms with E-state index in [2.05, 4.69) is 43.1 Å². The lowest BCUT2D eigenvalue weighted by Crippen LogP contribution is -2.37. The molecule has 2 N–H and O–H groups in total. The van der Waals surface area contributed by atoms with Crippen LogP contribution in [0.1, 0.15) is 18.2 Å². The van der Waals surface area contributed by atoms with Crippen LogP contribution < -0.4 is 20.1 Å². The Morgan fingerprint density at radius 2 is 2.10 bits per heavy atom. The molecule has 0 saturated carbocycles. The summed E-state index contributed by atoms with van der Waals surface area (Å²) in [5.74, 6) is 1.42. The molecule has 2 heterocycles. The fourth-order valence-electron chi connectivity index (χ4n) is 3.61. The van der Waals surface area contributed by atoms with Crippen molar-refractivity contribution in [1.29, 1.82) is 0 Å². The summed E-state index contributed by atoms with van der Waals surface area (Å²) in [6, 6.07) is 9.84. The van der Waals surface area contributed by atoms with E-state index in [1.807, 2.05) is 30.3 Å². The molecule has 1 fully saturated rings. The van der Waals surface area contributed by atoms with Crippen molar-refractivity contribution in [2.24, 2.45) is 4.99 Å². The molecular formula is C22H26ClIN4O3. The molecule has 0 spiro atoms. The van der Waals surface area contributed by atoms with Gasteiger partial charge in [0.2, 0.25) is 0 Å². The molecule has 1 atom stereocenters. The minimum Gasteiger partial charge on any atom is -0.493 e. The Bertz CT molecular complexity index is 937. The lowest BCUT2D eigenvalue weighted by Gasteiger charge is -2.27. The van der Waals surface area contributed by atoms with Gasteiger partial charge in [0.1, 0.15) is 6.17 Å². The van der Waals surface area contributed by atoms with Gasteiger partial charge in [-0.15, -0.1) is 0 Å². The first-order valence-electron chi connectivity index (χ1n) is 10.3. The predicted molar refractivity (Wildman–Crippen MR) is 133 cm³/mol. The van der Waals surface area contributed by atoms with Crippen molar-refractivity contribution in [3.63, 3.8) is 0 Å². The van der Waals surface area contributed by atoms with Gasteiger partial charge < -0.3 is 24.8 Å². The van der Waals surface area contributed by atoms with Crippen molar-refractivity contribution in [2.75, 3.05) is 57.2 Å². The van der Waals surface area contributed by atoms with Crippen molar-refractivity contribution in [3.05, 3.63) is 44.5 Å². The molecule has 2 aromatic carbocycles. The highest BCUT2D eigenvalue weighted by atomic mass is 127. The summed E-state index contributed by atoms with van der Waals surface area (Å²) in [6.45, 7) is 5.22. The number of benzene rings is 2. The molecule has 0 amide bonds. The van der Waals surface area contributed by atoms with E-state index in [4.69, 9.17) is 25.8 Å². The van der Waals surface area contributed by atoms with Gasteiger partial charge in [0.25, 0.3) is 0 Å². The first kappa shape index (κ1) is 22.4. The van der Waals surface area contributed by atoms with Gasteiger partial charge in [0, 0.05) is 40.5 Å². The average molecular weight is 557 g/mol. The number of fused-ring (bicyclic) bond motifs is 1. The van der Waals surface area contributed by atoms with Crippen LogP contribution in [0, 0.1) is 3.57 Å². The summed E-state index contributed by atoms with van der Waals surface area (Å²) in [6.07, 6.45) is 2.38. The Hall–Kier alpha value is -1.75. The van der Waals surface area contributed by atoms with E-state index in [0.717, 1.165) is 65.5 Å². The largest absolute Gasteiger partial charge is 0.493 e. The van der Waals surface area contributed by atoms with E-state index in [1.54, 1.807) is 13.4 Å². The number of halogens is 2. The predicted octanol–water partition coefficient (Wildman–Crippen LogP) is 4.62. The monoisotopic (exact) mass is 556 g/mol. The Kier molecular flexibility index (Phi) is 7.76. The van der Waals surface area contributed by atoms with Crippen LogP contribution in [-0.4, -0.2) is 57.8 Å². The molecule has 7 nitrogen and oxygen atoms in total. The molecule has 2 aliphatic heterocycles. The number of ether oxygens (including phenoxy) is 3. The molecule has 1 unspecified atom stereocenters. The SMILES string of the molecule is COc1cc2c(cc1OCCCN1CCOCC1)C(Nc1ccc(I)c(Cl)c1)N=CN2. The molecule has 2 aromatic rings. The van der Waals surface area contributed by atoms with Crippen molar-refractivity contribution in [3.8, 4) is 11.5 Å². The molecule has 9 heteroatoms. The maximum atomic E-state index is 6.28. The second kappa shape index (κ2) is 10.7. The quantitative estimate of drug-likeness (QED) is 0.366. The molecule has 166 valence electrons. The topological polar surface area (TPSA) is 67.3 Å². The second-order valence-electron chi connectivity index (χ2n) is 7.34. The smallest absolute Gasteiger partial charge is 0.162 e. The molecule has 1 saturated heterocycles. The summed E-state index contributed by atoms with van der Waals surface area (Å²) in [4.78, 5) is 6.97. The van der Waals surface area contributed by atoms with E-state index >= 15 is 0 Å². The van der Waals surface area contributed by atoms with E-state index in [0.29, 0.717) is 17.4 Å². The number of morpholine rings is 1. The number of nitrogens with one attached hydrogen (secondary N) is 2. The maximum absolute atomic E-state index is 6.28. The third-order valence-electron chi connectivity index (χ3n) is 5.28. The van der Waals surface area contributed by atoms with E-state index < -0.39 is 0 Å². The van der Waals surface area contributed by atoms with E-state index in [1.165, 1.54) is 0 Å². The third-order valence-corrected chi connectivity index (χ3v) is 6.85. The third kappa shape index (κ3) is 5.74. The number of nitrogens with zero attached hydrogens (tertiary/aromatic N) is 2. The minimum absolute atomic E-state index is 0.256. The average Bonchev–Trinajstić information content (AvgIpc) is 2.79. The van der Waals surface area contributed by atoms with E-state index in [9.17, 15) is 0 Å². The number of aliphatic imine (C=N–C) groups is 1. The summed E-state index contributed by atoms with van der Waals surface area (Å²) in [7, 11) is 1.66. The number of methoxy groups -OCH3 is 1. The van der Waals surface area contributed by atoms with Crippen molar-refractivity contribution < 1.29 is 14.2 Å². The zero-order valence-corrected chi connectivity index (χ0v) is 20.3. The maximum Gasteiger partial charge on any atom is 0.162 e. The lowest BCUT2D eigenvalue weighted by molar-refractivity contribution is 0.0357. The zero-order chi connectivity index (χ0) is 21.6. The van der Waals surface area contributed by atoms with Gasteiger partial charge in [0.05, 0.1) is 44.0 Å². The molecule has 4 rings (SSSR count). The van der Waals surface area contributed by atoms with Crippen LogP contribution in [0.15, 0.2) is 35.3 Å². The molecule has 0 radical (unpaired) electrons. The highest BCUT2D eigenvalue weighted by molar-refractivity contribution is 14.1. The number of hydrogen-bond donors (Lipinski definition) is 2. The Balaban J connectivity index is 1.45. The number of hydrogen-bond acceptors (Lipinski definition) is 7. The minimum atomic E-state index is -0.256. The van der Waals surface area contributed by atoms with Crippen LogP contribution in [0.2, 0.25) is 5.02 Å². The fourth-order valence-corrected chi connectivity index (χ4v) is 4.13. The summed E-state index contributed by atoms with van der Waals surface area (Å²) in [5.41, 5.74) is 2.83. The fraction of sp³-hybridized carbons (Fsp3) is 0.409. The molecule has 31 heavy (non-hydrogen) atoms. The molecular weight excluding hydrogens is 531 g/mol. The normalized spacial score (nSPS) is 18.2. The first-order chi connectivity index (χ1) is 15.1. The summed E-state index contributed by atoms with van der Waals surface area (Å²) >= 11 is 8.49. The molecule has 2 aliphatic rings. The Morgan fingerprint density at radius 1 is 1.26 bits per heavy atom. The standard InChI is InChI=1S/C22H26ClIN4O3/c1-29-20-13-19-16(12-21(20)31-8-2-5-28-6-9-30-10-7-28)22(26-14-25-19)27-15-3-4-18(24)17(23)11-15/h3-4,11-14,22,27H,2,5-10H2,1H3,(H,25,26). The molecule has 0 aromatic heterocycles. The summed E-state index contributed by atoms with van der Waals surface area (Å²) < 4.78 is 18.1. The van der Waals surface area contributed by atoms with Crippen LogP contribution >= 0.6 is 34.2 Å². The van der Waals surface area contributed by atoms with E-state index in [-0.39, 0.29) is 6.17 Å². The number of anilines is 2. The summed E-state index contributed by atoms with van der Waals surface area (Å²) in [5, 5.41) is 7.35. The first-order valence-corrected chi connectivity index (χ1v) is 11.7. The van der Waals surface area contributed by atoms with Crippen molar-refractivity contribution in [1.82, 2.24) is 4.90 Å². The van der Waals surface area contributed by atoms with Gasteiger partial charge in [0.15, 0.2) is 11.5 Å². The molecule has 0 aliphatic carbocycles. The van der Waals surface area contributed by atoms with Crippen LogP contribution in [-0.2, 0) is 4.74 Å².